The average Bonchev–Trinajstić information content (AvgIpc) is 3.20. The van der Waals surface area contributed by atoms with E-state index in [0.29, 0.717) is 30.5 Å². The number of hydrogen-bond acceptors (Lipinski definition) is 4. The Balaban J connectivity index is 1.45. The van der Waals surface area contributed by atoms with Crippen molar-refractivity contribution in [2.75, 3.05) is 13.2 Å². The number of nitrogens with zero attached hydrogens (tertiary/aromatic N) is 3. The van der Waals surface area contributed by atoms with Gasteiger partial charge in [-0.1, -0.05) is 26.0 Å². The second-order valence-electron chi connectivity index (χ2n) is 6.20. The highest BCUT2D eigenvalue weighted by atomic mass is 16.5. The summed E-state index contributed by atoms with van der Waals surface area (Å²) < 4.78 is 7.43. The zero-order chi connectivity index (χ0) is 18.4. The Kier molecular flexibility index (Phi) is 5.63. The van der Waals surface area contributed by atoms with Crippen molar-refractivity contribution in [3.05, 3.63) is 72.4 Å². The van der Waals surface area contributed by atoms with Crippen LogP contribution in [0.15, 0.2) is 61.3 Å². The molecule has 1 aromatic carbocycles. The van der Waals surface area contributed by atoms with Crippen molar-refractivity contribution in [3.8, 4) is 11.6 Å². The maximum Gasteiger partial charge on any atom is 0.252 e. The lowest BCUT2D eigenvalue weighted by atomic mass is 10.0. The molecule has 0 aliphatic carbocycles. The first-order valence-electron chi connectivity index (χ1n) is 8.59. The van der Waals surface area contributed by atoms with Crippen LogP contribution in [-0.2, 0) is 0 Å². The van der Waals surface area contributed by atoms with E-state index in [2.05, 4.69) is 41.3 Å². The van der Waals surface area contributed by atoms with Crippen molar-refractivity contribution in [2.24, 2.45) is 0 Å². The number of amides is 1. The molecule has 134 valence electrons. The molecule has 0 spiro atoms. The number of ether oxygens (including phenoxy) is 1. The molecule has 0 aliphatic heterocycles. The molecule has 2 heterocycles. The van der Waals surface area contributed by atoms with Gasteiger partial charge in [0, 0.05) is 18.6 Å². The second kappa shape index (κ2) is 8.29. The number of benzene rings is 1. The summed E-state index contributed by atoms with van der Waals surface area (Å²) in [5, 5.41) is 2.83. The molecule has 0 fully saturated rings. The van der Waals surface area contributed by atoms with Gasteiger partial charge in [0.15, 0.2) is 0 Å². The van der Waals surface area contributed by atoms with Crippen molar-refractivity contribution in [2.45, 2.75) is 19.8 Å². The van der Waals surface area contributed by atoms with Crippen LogP contribution in [0, 0.1) is 0 Å². The molecule has 3 rings (SSSR count). The van der Waals surface area contributed by atoms with Crippen molar-refractivity contribution < 1.29 is 9.53 Å². The van der Waals surface area contributed by atoms with Crippen molar-refractivity contribution >= 4 is 5.91 Å². The summed E-state index contributed by atoms with van der Waals surface area (Å²) in [5.41, 5.74) is 1.78. The van der Waals surface area contributed by atoms with E-state index in [1.54, 1.807) is 41.6 Å². The SMILES string of the molecule is CC(C)c1ccc(OCCNC(=O)c2ccc(-n3ccnc3)nc2)cc1. The van der Waals surface area contributed by atoms with E-state index >= 15 is 0 Å². The first kappa shape index (κ1) is 17.7. The lowest BCUT2D eigenvalue weighted by molar-refractivity contribution is 0.0946. The van der Waals surface area contributed by atoms with E-state index in [-0.39, 0.29) is 5.91 Å². The summed E-state index contributed by atoms with van der Waals surface area (Å²) in [4.78, 5) is 20.4. The van der Waals surface area contributed by atoms with Crippen LogP contribution in [0.3, 0.4) is 0 Å². The van der Waals surface area contributed by atoms with Crippen molar-refractivity contribution in [3.63, 3.8) is 0 Å². The van der Waals surface area contributed by atoms with E-state index in [1.807, 2.05) is 12.1 Å². The predicted molar refractivity (Wildman–Crippen MR) is 99.7 cm³/mol. The van der Waals surface area contributed by atoms with Gasteiger partial charge in [0.05, 0.1) is 12.1 Å². The van der Waals surface area contributed by atoms with E-state index in [9.17, 15) is 4.79 Å². The Labute approximate surface area is 152 Å². The normalized spacial score (nSPS) is 10.7. The maximum atomic E-state index is 12.1. The fourth-order valence-electron chi connectivity index (χ4n) is 2.45. The van der Waals surface area contributed by atoms with Gasteiger partial charge in [-0.3, -0.25) is 9.36 Å². The van der Waals surface area contributed by atoms with Gasteiger partial charge in [-0.15, -0.1) is 0 Å². The van der Waals surface area contributed by atoms with Crippen LogP contribution in [0.5, 0.6) is 5.75 Å². The van der Waals surface area contributed by atoms with Crippen molar-refractivity contribution in [1.82, 2.24) is 19.9 Å². The quantitative estimate of drug-likeness (QED) is 0.665. The standard InChI is InChI=1S/C20H22N4O2/c1-15(2)16-3-6-18(7-4-16)26-12-10-22-20(25)17-5-8-19(23-13-17)24-11-9-21-14-24/h3-9,11,13-15H,10,12H2,1-2H3,(H,22,25). The number of pyridine rings is 1. The number of rotatable bonds is 7. The molecule has 2 aromatic heterocycles. The van der Waals surface area contributed by atoms with Gasteiger partial charge in [0.2, 0.25) is 0 Å². The van der Waals surface area contributed by atoms with Gasteiger partial charge in [-0.2, -0.15) is 0 Å². The third-order valence-corrected chi connectivity index (χ3v) is 3.98. The Morgan fingerprint density at radius 3 is 2.62 bits per heavy atom. The van der Waals surface area contributed by atoms with Gasteiger partial charge < -0.3 is 10.1 Å². The van der Waals surface area contributed by atoms with Gasteiger partial charge in [0.25, 0.3) is 5.91 Å². The minimum atomic E-state index is -0.173. The van der Waals surface area contributed by atoms with Crippen LogP contribution < -0.4 is 10.1 Å². The van der Waals surface area contributed by atoms with E-state index in [1.165, 1.54) is 5.56 Å². The zero-order valence-electron chi connectivity index (χ0n) is 14.9. The predicted octanol–water partition coefficient (Wildman–Crippen LogP) is 3.20. The number of carbonyl (C=O) groups excluding carboxylic acids is 1. The van der Waals surface area contributed by atoms with Crippen LogP contribution in [0.2, 0.25) is 0 Å². The molecule has 0 saturated carbocycles. The Morgan fingerprint density at radius 2 is 2.00 bits per heavy atom. The zero-order valence-corrected chi connectivity index (χ0v) is 14.9. The van der Waals surface area contributed by atoms with Crippen LogP contribution >= 0.6 is 0 Å². The lowest BCUT2D eigenvalue weighted by Gasteiger charge is -2.10. The molecule has 6 heteroatoms. The summed E-state index contributed by atoms with van der Waals surface area (Å²) in [6.45, 7) is 5.14. The van der Waals surface area contributed by atoms with Crippen LogP contribution in [-0.4, -0.2) is 33.6 Å². The molecule has 3 aromatic rings. The second-order valence-corrected chi connectivity index (χ2v) is 6.20. The molecule has 0 bridgehead atoms. The van der Waals surface area contributed by atoms with Crippen LogP contribution in [0.25, 0.3) is 5.82 Å². The number of nitrogens with one attached hydrogen (secondary N) is 1. The molecule has 0 saturated heterocycles. The highest BCUT2D eigenvalue weighted by Gasteiger charge is 2.06. The Morgan fingerprint density at radius 1 is 1.19 bits per heavy atom. The molecule has 0 unspecified atom stereocenters. The fourth-order valence-corrected chi connectivity index (χ4v) is 2.45. The molecule has 0 atom stereocenters. The van der Waals surface area contributed by atoms with Gasteiger partial charge in [-0.25, -0.2) is 9.97 Å². The van der Waals surface area contributed by atoms with Gasteiger partial charge in [0.1, 0.15) is 24.5 Å². The number of imidazole rings is 1. The highest BCUT2D eigenvalue weighted by molar-refractivity contribution is 5.93. The number of hydrogen-bond donors (Lipinski definition) is 1. The molecular weight excluding hydrogens is 328 g/mol. The summed E-state index contributed by atoms with van der Waals surface area (Å²) in [6, 6.07) is 11.6. The Hall–Kier alpha value is -3.15. The smallest absolute Gasteiger partial charge is 0.252 e. The summed E-state index contributed by atoms with van der Waals surface area (Å²) in [5.74, 6) is 1.84. The van der Waals surface area contributed by atoms with Crippen molar-refractivity contribution in [1.29, 1.82) is 0 Å². The van der Waals surface area contributed by atoms with Gasteiger partial charge in [-0.05, 0) is 35.7 Å². The largest absolute Gasteiger partial charge is 0.492 e. The summed E-state index contributed by atoms with van der Waals surface area (Å²) >= 11 is 0. The summed E-state index contributed by atoms with van der Waals surface area (Å²) in [6.07, 6.45) is 6.69. The monoisotopic (exact) mass is 350 g/mol. The molecule has 26 heavy (non-hydrogen) atoms. The van der Waals surface area contributed by atoms with E-state index in [4.69, 9.17) is 4.74 Å². The lowest BCUT2D eigenvalue weighted by Crippen LogP contribution is -2.28. The third-order valence-electron chi connectivity index (χ3n) is 3.98. The average molecular weight is 350 g/mol. The topological polar surface area (TPSA) is 69.0 Å². The molecule has 6 nitrogen and oxygen atoms in total. The minimum Gasteiger partial charge on any atom is -0.492 e. The molecule has 1 N–H and O–H groups in total. The van der Waals surface area contributed by atoms with E-state index in [0.717, 1.165) is 5.75 Å². The molecule has 0 radical (unpaired) electrons. The highest BCUT2D eigenvalue weighted by Crippen LogP contribution is 2.18. The Bertz CT molecular complexity index is 825. The molecule has 1 amide bonds. The fraction of sp³-hybridized carbons (Fsp3) is 0.250. The van der Waals surface area contributed by atoms with Crippen LogP contribution in [0.4, 0.5) is 0 Å². The first-order valence-corrected chi connectivity index (χ1v) is 8.59. The molecular formula is C20H22N4O2. The third kappa shape index (κ3) is 4.47. The minimum absolute atomic E-state index is 0.173. The van der Waals surface area contributed by atoms with Crippen LogP contribution in [0.1, 0.15) is 35.7 Å². The number of carbonyl (C=O) groups is 1. The first-order chi connectivity index (χ1) is 12.6. The maximum absolute atomic E-state index is 12.1. The number of aromatic nitrogens is 3. The van der Waals surface area contributed by atoms with E-state index < -0.39 is 0 Å². The van der Waals surface area contributed by atoms with Gasteiger partial charge >= 0.3 is 0 Å². The summed E-state index contributed by atoms with van der Waals surface area (Å²) in [7, 11) is 0. The molecule has 0 aliphatic rings.